The molecule has 1 heterocycles. The Morgan fingerprint density at radius 3 is 3.06 bits per heavy atom. The van der Waals surface area contributed by atoms with Gasteiger partial charge in [0.25, 0.3) is 0 Å². The van der Waals surface area contributed by atoms with Gasteiger partial charge in [0.15, 0.2) is 0 Å². The third-order valence-corrected chi connectivity index (χ3v) is 2.49. The fraction of sp³-hybridized carbons (Fsp3) is 0.154. The Balaban J connectivity index is 2.19. The summed E-state index contributed by atoms with van der Waals surface area (Å²) in [5.74, 6) is -0.363. The van der Waals surface area contributed by atoms with Crippen LogP contribution < -0.4 is 5.32 Å². The van der Waals surface area contributed by atoms with Crippen molar-refractivity contribution in [2.24, 2.45) is 0 Å². The van der Waals surface area contributed by atoms with Crippen molar-refractivity contribution in [2.75, 3.05) is 6.54 Å². The van der Waals surface area contributed by atoms with Crippen LogP contribution in [0.1, 0.15) is 0 Å². The number of fused-ring (bicyclic) bond motifs is 1. The van der Waals surface area contributed by atoms with Gasteiger partial charge in [-0.3, -0.25) is 4.79 Å². The first-order valence-corrected chi connectivity index (χ1v) is 5.32. The van der Waals surface area contributed by atoms with Crippen LogP contribution >= 0.6 is 0 Å². The van der Waals surface area contributed by atoms with Gasteiger partial charge in [-0.1, -0.05) is 6.08 Å². The topological polar surface area (TPSA) is 34.0 Å². The molecule has 0 aliphatic heterocycles. The Morgan fingerprint density at radius 2 is 2.29 bits per heavy atom. The first kappa shape index (κ1) is 11.4. The average Bonchev–Trinajstić information content (AvgIpc) is 2.69. The smallest absolute Gasteiger partial charge is 0.240 e. The van der Waals surface area contributed by atoms with Crippen molar-refractivity contribution < 1.29 is 9.18 Å². The predicted octanol–water partition coefficient (Wildman–Crippen LogP) is 2.08. The minimum absolute atomic E-state index is 0.0910. The van der Waals surface area contributed by atoms with Crippen molar-refractivity contribution in [3.05, 3.63) is 48.9 Å². The van der Waals surface area contributed by atoms with E-state index < -0.39 is 0 Å². The van der Waals surface area contributed by atoms with Gasteiger partial charge < -0.3 is 9.88 Å². The lowest BCUT2D eigenvalue weighted by Gasteiger charge is -2.05. The van der Waals surface area contributed by atoms with Crippen LogP contribution in [0.25, 0.3) is 10.9 Å². The van der Waals surface area contributed by atoms with Crippen LogP contribution in [0.5, 0.6) is 0 Å². The maximum Gasteiger partial charge on any atom is 0.240 e. The van der Waals surface area contributed by atoms with E-state index in [4.69, 9.17) is 0 Å². The van der Waals surface area contributed by atoms with Crippen molar-refractivity contribution >= 4 is 16.8 Å². The molecule has 0 spiro atoms. The SMILES string of the molecule is C=CCNC(=O)Cn1ccc2cc(F)ccc21. The number of carbonyl (C=O) groups is 1. The molecule has 0 unspecified atom stereocenters. The molecule has 2 aromatic rings. The zero-order chi connectivity index (χ0) is 12.3. The number of nitrogens with zero attached hydrogens (tertiary/aromatic N) is 1. The lowest BCUT2D eigenvalue weighted by molar-refractivity contribution is -0.121. The van der Waals surface area contributed by atoms with Crippen molar-refractivity contribution in [2.45, 2.75) is 6.54 Å². The molecule has 4 heteroatoms. The lowest BCUT2D eigenvalue weighted by atomic mass is 10.2. The molecular formula is C13H13FN2O. The maximum atomic E-state index is 13.0. The maximum absolute atomic E-state index is 13.0. The monoisotopic (exact) mass is 232 g/mol. The normalized spacial score (nSPS) is 10.4. The minimum Gasteiger partial charge on any atom is -0.351 e. The molecule has 0 saturated carbocycles. The van der Waals surface area contributed by atoms with Crippen LogP contribution in [-0.2, 0) is 11.3 Å². The van der Waals surface area contributed by atoms with Crippen LogP contribution in [0.3, 0.4) is 0 Å². The summed E-state index contributed by atoms with van der Waals surface area (Å²) >= 11 is 0. The van der Waals surface area contributed by atoms with E-state index in [-0.39, 0.29) is 18.3 Å². The molecule has 0 aliphatic carbocycles. The fourth-order valence-electron chi connectivity index (χ4n) is 1.71. The summed E-state index contributed by atoms with van der Waals surface area (Å²) in [6.45, 7) is 4.20. The molecule has 0 fully saturated rings. The van der Waals surface area contributed by atoms with Gasteiger partial charge in [-0.05, 0) is 24.3 Å². The number of halogens is 1. The molecule has 1 amide bonds. The van der Waals surface area contributed by atoms with Gasteiger partial charge in [-0.2, -0.15) is 0 Å². The van der Waals surface area contributed by atoms with E-state index in [1.807, 2.05) is 0 Å². The fourth-order valence-corrected chi connectivity index (χ4v) is 1.71. The predicted molar refractivity (Wildman–Crippen MR) is 65.1 cm³/mol. The Hall–Kier alpha value is -2.10. The highest BCUT2D eigenvalue weighted by Crippen LogP contribution is 2.16. The molecule has 0 saturated heterocycles. The van der Waals surface area contributed by atoms with Crippen LogP contribution in [0.4, 0.5) is 4.39 Å². The van der Waals surface area contributed by atoms with Crippen molar-refractivity contribution in [3.63, 3.8) is 0 Å². The lowest BCUT2D eigenvalue weighted by Crippen LogP contribution is -2.27. The highest BCUT2D eigenvalue weighted by atomic mass is 19.1. The Labute approximate surface area is 98.5 Å². The van der Waals surface area contributed by atoms with E-state index in [1.54, 1.807) is 29.0 Å². The Morgan fingerprint density at radius 1 is 1.47 bits per heavy atom. The third-order valence-electron chi connectivity index (χ3n) is 2.49. The second-order valence-electron chi connectivity index (χ2n) is 3.74. The molecule has 3 nitrogen and oxygen atoms in total. The van der Waals surface area contributed by atoms with E-state index >= 15 is 0 Å². The standard InChI is InChI=1S/C13H13FN2O/c1-2-6-15-13(17)9-16-7-5-10-8-11(14)3-4-12(10)16/h2-5,7-8H,1,6,9H2,(H,15,17). The highest BCUT2D eigenvalue weighted by Gasteiger charge is 2.05. The second kappa shape index (κ2) is 4.82. The summed E-state index contributed by atoms with van der Waals surface area (Å²) < 4.78 is 14.8. The quantitative estimate of drug-likeness (QED) is 0.805. The minimum atomic E-state index is -0.272. The largest absolute Gasteiger partial charge is 0.351 e. The number of rotatable bonds is 4. The molecule has 2 rings (SSSR count). The van der Waals surface area contributed by atoms with Gasteiger partial charge >= 0.3 is 0 Å². The summed E-state index contributed by atoms with van der Waals surface area (Å²) in [5.41, 5.74) is 0.847. The van der Waals surface area contributed by atoms with Gasteiger partial charge in [-0.25, -0.2) is 4.39 Å². The molecule has 1 aromatic heterocycles. The highest BCUT2D eigenvalue weighted by molar-refractivity contribution is 5.83. The molecule has 1 aromatic carbocycles. The summed E-state index contributed by atoms with van der Waals surface area (Å²) in [5, 5.41) is 3.49. The summed E-state index contributed by atoms with van der Waals surface area (Å²) in [6, 6.07) is 6.30. The van der Waals surface area contributed by atoms with Gasteiger partial charge in [0.05, 0.1) is 0 Å². The Kier molecular flexibility index (Phi) is 3.23. The van der Waals surface area contributed by atoms with E-state index in [9.17, 15) is 9.18 Å². The van der Waals surface area contributed by atoms with Crippen molar-refractivity contribution in [3.8, 4) is 0 Å². The summed E-state index contributed by atoms with van der Waals surface area (Å²) in [4.78, 5) is 11.5. The number of hydrogen-bond acceptors (Lipinski definition) is 1. The number of nitrogens with one attached hydrogen (secondary N) is 1. The first-order chi connectivity index (χ1) is 8.20. The number of aromatic nitrogens is 1. The second-order valence-corrected chi connectivity index (χ2v) is 3.74. The number of amides is 1. The molecular weight excluding hydrogens is 219 g/mol. The number of carbonyl (C=O) groups excluding carboxylic acids is 1. The van der Waals surface area contributed by atoms with Gasteiger partial charge in [-0.15, -0.1) is 6.58 Å². The zero-order valence-electron chi connectivity index (χ0n) is 9.32. The van der Waals surface area contributed by atoms with Crippen molar-refractivity contribution in [1.29, 1.82) is 0 Å². The van der Waals surface area contributed by atoms with Crippen LogP contribution in [0.15, 0.2) is 43.1 Å². The average molecular weight is 232 g/mol. The molecule has 1 N–H and O–H groups in total. The Bertz CT molecular complexity index is 560. The number of benzene rings is 1. The summed E-state index contributed by atoms with van der Waals surface area (Å²) in [7, 11) is 0. The molecule has 0 aliphatic rings. The van der Waals surface area contributed by atoms with Gasteiger partial charge in [0.1, 0.15) is 12.4 Å². The van der Waals surface area contributed by atoms with Crippen LogP contribution in [0.2, 0.25) is 0 Å². The molecule has 0 atom stereocenters. The zero-order valence-corrected chi connectivity index (χ0v) is 9.32. The molecule has 0 radical (unpaired) electrons. The van der Waals surface area contributed by atoms with Gasteiger partial charge in [0.2, 0.25) is 5.91 Å². The van der Waals surface area contributed by atoms with E-state index in [2.05, 4.69) is 11.9 Å². The number of hydrogen-bond donors (Lipinski definition) is 1. The van der Waals surface area contributed by atoms with Gasteiger partial charge in [0, 0.05) is 23.6 Å². The van der Waals surface area contributed by atoms with E-state index in [0.29, 0.717) is 6.54 Å². The first-order valence-electron chi connectivity index (χ1n) is 5.32. The van der Waals surface area contributed by atoms with E-state index in [0.717, 1.165) is 10.9 Å². The molecule has 88 valence electrons. The van der Waals surface area contributed by atoms with E-state index in [1.165, 1.54) is 12.1 Å². The molecule has 0 bridgehead atoms. The van der Waals surface area contributed by atoms with Crippen LogP contribution in [0, 0.1) is 5.82 Å². The summed E-state index contributed by atoms with van der Waals surface area (Å²) in [6.07, 6.45) is 3.40. The molecule has 17 heavy (non-hydrogen) atoms. The van der Waals surface area contributed by atoms with Crippen molar-refractivity contribution in [1.82, 2.24) is 9.88 Å². The third kappa shape index (κ3) is 2.53. The van der Waals surface area contributed by atoms with Crippen LogP contribution in [-0.4, -0.2) is 17.0 Å².